The standard InChI is InChI=1S/C14H21BrN2O4/c15-9-12(18)17-7-6-16-14(20)11(17)8-13(19)21-10-4-2-1-3-5-10/h10-11H,1-9H2,(H,16,20). The molecule has 7 heteroatoms. The van der Waals surface area contributed by atoms with Crippen LogP contribution in [0.5, 0.6) is 0 Å². The molecule has 1 atom stereocenters. The Balaban J connectivity index is 1.92. The molecule has 2 rings (SSSR count). The summed E-state index contributed by atoms with van der Waals surface area (Å²) in [5.74, 6) is -0.854. The molecule has 118 valence electrons. The molecule has 0 radical (unpaired) electrons. The van der Waals surface area contributed by atoms with Gasteiger partial charge in [0.2, 0.25) is 11.8 Å². The summed E-state index contributed by atoms with van der Waals surface area (Å²) >= 11 is 3.10. The molecule has 2 aliphatic rings. The van der Waals surface area contributed by atoms with Crippen LogP contribution >= 0.6 is 15.9 Å². The third-order valence-electron chi connectivity index (χ3n) is 3.98. The first-order valence-corrected chi connectivity index (χ1v) is 8.56. The van der Waals surface area contributed by atoms with Crippen LogP contribution < -0.4 is 5.32 Å². The summed E-state index contributed by atoms with van der Waals surface area (Å²) < 4.78 is 5.44. The zero-order valence-electron chi connectivity index (χ0n) is 12.0. The summed E-state index contributed by atoms with van der Waals surface area (Å²) in [5.41, 5.74) is 0. The van der Waals surface area contributed by atoms with E-state index in [0.29, 0.717) is 13.1 Å². The normalized spacial score (nSPS) is 23.6. The van der Waals surface area contributed by atoms with E-state index in [1.165, 1.54) is 11.3 Å². The Bertz CT molecular complexity index is 410. The van der Waals surface area contributed by atoms with E-state index >= 15 is 0 Å². The van der Waals surface area contributed by atoms with Gasteiger partial charge in [-0.1, -0.05) is 22.4 Å². The van der Waals surface area contributed by atoms with Gasteiger partial charge in [0, 0.05) is 13.1 Å². The second kappa shape index (κ2) is 7.77. The lowest BCUT2D eigenvalue weighted by Gasteiger charge is -2.34. The lowest BCUT2D eigenvalue weighted by Crippen LogP contribution is -2.58. The highest BCUT2D eigenvalue weighted by Crippen LogP contribution is 2.21. The molecule has 0 spiro atoms. The van der Waals surface area contributed by atoms with E-state index < -0.39 is 12.0 Å². The van der Waals surface area contributed by atoms with Crippen LogP contribution in [-0.4, -0.2) is 53.2 Å². The van der Waals surface area contributed by atoms with E-state index in [1.54, 1.807) is 0 Å². The minimum Gasteiger partial charge on any atom is -0.462 e. The predicted molar refractivity (Wildman–Crippen MR) is 79.9 cm³/mol. The van der Waals surface area contributed by atoms with Gasteiger partial charge in [-0.25, -0.2) is 0 Å². The van der Waals surface area contributed by atoms with Crippen molar-refractivity contribution in [3.05, 3.63) is 0 Å². The molecule has 0 aromatic carbocycles. The number of nitrogens with one attached hydrogen (secondary N) is 1. The number of hydrogen-bond acceptors (Lipinski definition) is 4. The summed E-state index contributed by atoms with van der Waals surface area (Å²) in [6, 6.07) is -0.750. The smallest absolute Gasteiger partial charge is 0.308 e. The largest absolute Gasteiger partial charge is 0.462 e. The molecule has 1 N–H and O–H groups in total. The van der Waals surface area contributed by atoms with E-state index in [1.807, 2.05) is 0 Å². The van der Waals surface area contributed by atoms with E-state index in [-0.39, 0.29) is 29.7 Å². The monoisotopic (exact) mass is 360 g/mol. The highest BCUT2D eigenvalue weighted by atomic mass is 79.9. The molecule has 1 saturated heterocycles. The number of nitrogens with zero attached hydrogens (tertiary/aromatic N) is 1. The first kappa shape index (κ1) is 16.3. The summed E-state index contributed by atoms with van der Waals surface area (Å²) in [6.45, 7) is 0.850. The molecule has 21 heavy (non-hydrogen) atoms. The topological polar surface area (TPSA) is 75.7 Å². The number of rotatable bonds is 4. The van der Waals surface area contributed by atoms with Gasteiger partial charge < -0.3 is 15.0 Å². The predicted octanol–water partition coefficient (Wildman–Crippen LogP) is 0.974. The summed E-state index contributed by atoms with van der Waals surface area (Å²) in [7, 11) is 0. The second-order valence-corrected chi connectivity index (χ2v) is 6.04. The van der Waals surface area contributed by atoms with E-state index in [4.69, 9.17) is 4.74 Å². The number of esters is 1. The second-order valence-electron chi connectivity index (χ2n) is 5.48. The average Bonchev–Trinajstić information content (AvgIpc) is 2.49. The van der Waals surface area contributed by atoms with Crippen molar-refractivity contribution in [2.75, 3.05) is 18.4 Å². The fourth-order valence-electron chi connectivity index (χ4n) is 2.87. The molecular weight excluding hydrogens is 340 g/mol. The highest BCUT2D eigenvalue weighted by Gasteiger charge is 2.35. The van der Waals surface area contributed by atoms with Crippen LogP contribution in [0.15, 0.2) is 0 Å². The number of hydrogen-bond donors (Lipinski definition) is 1. The minimum atomic E-state index is -0.750. The fraction of sp³-hybridized carbons (Fsp3) is 0.786. The number of halogens is 1. The molecular formula is C14H21BrN2O4. The molecule has 0 aromatic rings. The zero-order valence-corrected chi connectivity index (χ0v) is 13.6. The maximum absolute atomic E-state index is 12.0. The van der Waals surface area contributed by atoms with Crippen LogP contribution in [0.2, 0.25) is 0 Å². The van der Waals surface area contributed by atoms with Crippen LogP contribution in [0.1, 0.15) is 38.5 Å². The van der Waals surface area contributed by atoms with Gasteiger partial charge in [0.15, 0.2) is 0 Å². The molecule has 0 bridgehead atoms. The Morgan fingerprint density at radius 1 is 1.29 bits per heavy atom. The molecule has 1 saturated carbocycles. The van der Waals surface area contributed by atoms with Gasteiger partial charge in [0.1, 0.15) is 12.1 Å². The van der Waals surface area contributed by atoms with Crippen LogP contribution in [0.25, 0.3) is 0 Å². The average molecular weight is 361 g/mol. The Morgan fingerprint density at radius 3 is 2.67 bits per heavy atom. The van der Waals surface area contributed by atoms with Gasteiger partial charge in [-0.3, -0.25) is 14.4 Å². The fourth-order valence-corrected chi connectivity index (χ4v) is 3.19. The van der Waals surface area contributed by atoms with Crippen LogP contribution in [0.3, 0.4) is 0 Å². The van der Waals surface area contributed by atoms with Gasteiger partial charge in [-0.2, -0.15) is 0 Å². The molecule has 0 aromatic heterocycles. The van der Waals surface area contributed by atoms with E-state index in [0.717, 1.165) is 25.7 Å². The van der Waals surface area contributed by atoms with Gasteiger partial charge in [0.05, 0.1) is 11.8 Å². The van der Waals surface area contributed by atoms with E-state index in [9.17, 15) is 14.4 Å². The van der Waals surface area contributed by atoms with Crippen molar-refractivity contribution in [1.82, 2.24) is 10.2 Å². The molecule has 1 aliphatic heterocycles. The number of piperazine rings is 1. The van der Waals surface area contributed by atoms with Crippen LogP contribution in [-0.2, 0) is 19.1 Å². The number of ether oxygens (including phenoxy) is 1. The lowest BCUT2D eigenvalue weighted by atomic mass is 9.98. The van der Waals surface area contributed by atoms with Gasteiger partial charge >= 0.3 is 5.97 Å². The Hall–Kier alpha value is -1.11. The van der Waals surface area contributed by atoms with Crippen molar-refractivity contribution < 1.29 is 19.1 Å². The highest BCUT2D eigenvalue weighted by molar-refractivity contribution is 9.09. The third kappa shape index (κ3) is 4.43. The maximum Gasteiger partial charge on any atom is 0.308 e. The van der Waals surface area contributed by atoms with Gasteiger partial charge in [0.25, 0.3) is 0 Å². The van der Waals surface area contributed by atoms with E-state index in [2.05, 4.69) is 21.2 Å². The molecule has 2 amide bonds. The number of alkyl halides is 1. The van der Waals surface area contributed by atoms with Crippen molar-refractivity contribution >= 4 is 33.7 Å². The van der Waals surface area contributed by atoms with Crippen LogP contribution in [0.4, 0.5) is 0 Å². The third-order valence-corrected chi connectivity index (χ3v) is 4.46. The number of amides is 2. The molecule has 1 heterocycles. The first-order chi connectivity index (χ1) is 10.1. The summed E-state index contributed by atoms with van der Waals surface area (Å²) in [6.07, 6.45) is 5.04. The van der Waals surface area contributed by atoms with Crippen molar-refractivity contribution in [2.45, 2.75) is 50.7 Å². The maximum atomic E-state index is 12.0. The summed E-state index contributed by atoms with van der Waals surface area (Å²) in [4.78, 5) is 37.2. The van der Waals surface area contributed by atoms with Crippen LogP contribution in [0, 0.1) is 0 Å². The molecule has 6 nitrogen and oxygen atoms in total. The quantitative estimate of drug-likeness (QED) is 0.598. The summed E-state index contributed by atoms with van der Waals surface area (Å²) in [5, 5.41) is 2.84. The minimum absolute atomic E-state index is 0.0294. The molecule has 2 fully saturated rings. The van der Waals surface area contributed by atoms with Crippen molar-refractivity contribution in [3.63, 3.8) is 0 Å². The molecule has 1 aliphatic carbocycles. The lowest BCUT2D eigenvalue weighted by molar-refractivity contribution is -0.156. The van der Waals surface area contributed by atoms with Crippen molar-refractivity contribution in [1.29, 1.82) is 0 Å². The zero-order chi connectivity index (χ0) is 15.2. The van der Waals surface area contributed by atoms with Crippen molar-refractivity contribution in [2.24, 2.45) is 0 Å². The Labute approximate surface area is 132 Å². The number of carbonyl (C=O) groups excluding carboxylic acids is 3. The first-order valence-electron chi connectivity index (χ1n) is 7.44. The van der Waals surface area contributed by atoms with Gasteiger partial charge in [-0.05, 0) is 25.7 Å². The Kier molecular flexibility index (Phi) is 6.02. The van der Waals surface area contributed by atoms with Crippen molar-refractivity contribution in [3.8, 4) is 0 Å². The van der Waals surface area contributed by atoms with Gasteiger partial charge in [-0.15, -0.1) is 0 Å². The Morgan fingerprint density at radius 2 is 2.00 bits per heavy atom. The number of carbonyl (C=O) groups is 3. The molecule has 1 unspecified atom stereocenters. The SMILES string of the molecule is O=C(CC1C(=O)NCCN1C(=O)CBr)OC1CCCCC1.